The first kappa shape index (κ1) is 15.3. The quantitative estimate of drug-likeness (QED) is 0.866. The molecule has 0 bridgehead atoms. The molecule has 0 spiro atoms. The van der Waals surface area contributed by atoms with E-state index in [1.165, 1.54) is 10.4 Å². The molecule has 1 aliphatic heterocycles. The van der Waals surface area contributed by atoms with Crippen LogP contribution in [0.25, 0.3) is 0 Å². The maximum absolute atomic E-state index is 12.2. The summed E-state index contributed by atoms with van der Waals surface area (Å²) in [4.78, 5) is 15.3. The van der Waals surface area contributed by atoms with Gasteiger partial charge < -0.3 is 15.4 Å². The number of likely N-dealkylation sites (tertiary alicyclic amines) is 1. The molecule has 1 fully saturated rings. The van der Waals surface area contributed by atoms with Gasteiger partial charge in [-0.3, -0.25) is 0 Å². The molecule has 4 nitrogen and oxygen atoms in total. The van der Waals surface area contributed by atoms with E-state index in [-0.39, 0.29) is 18.1 Å². The molecule has 0 unspecified atom stereocenters. The summed E-state index contributed by atoms with van der Waals surface area (Å²) in [5.41, 5.74) is 7.07. The van der Waals surface area contributed by atoms with E-state index in [1.54, 1.807) is 16.2 Å². The summed E-state index contributed by atoms with van der Waals surface area (Å²) >= 11 is 1.73. The average molecular weight is 296 g/mol. The van der Waals surface area contributed by atoms with Gasteiger partial charge in [0.15, 0.2) is 0 Å². The highest BCUT2D eigenvalue weighted by Gasteiger charge is 2.33. The van der Waals surface area contributed by atoms with E-state index in [2.05, 4.69) is 18.4 Å². The monoisotopic (exact) mass is 296 g/mol. The van der Waals surface area contributed by atoms with Crippen LogP contribution in [0.5, 0.6) is 0 Å². The van der Waals surface area contributed by atoms with Gasteiger partial charge >= 0.3 is 6.09 Å². The van der Waals surface area contributed by atoms with Crippen LogP contribution in [0.2, 0.25) is 0 Å². The zero-order valence-corrected chi connectivity index (χ0v) is 13.5. The van der Waals surface area contributed by atoms with E-state index in [0.29, 0.717) is 13.1 Å². The second-order valence-electron chi connectivity index (χ2n) is 6.45. The number of carbonyl (C=O) groups is 1. The Kier molecular flexibility index (Phi) is 4.39. The zero-order chi connectivity index (χ0) is 14.9. The Morgan fingerprint density at radius 1 is 1.50 bits per heavy atom. The number of hydrogen-bond acceptors (Lipinski definition) is 4. The highest BCUT2D eigenvalue weighted by atomic mass is 32.1. The minimum absolute atomic E-state index is 0.117. The lowest BCUT2D eigenvalue weighted by atomic mass is 9.90. The Morgan fingerprint density at radius 2 is 2.20 bits per heavy atom. The standard InChI is InChI=1S/C15H24N2O2S/c1-10-6-8-20-13(10)11-9-17(7-5-12(11)16)14(18)19-15(2,3)4/h6,8,11-12H,5,7,9,16H2,1-4H3/t11-,12-/m1/s1. The Labute approximate surface area is 124 Å². The molecule has 0 radical (unpaired) electrons. The lowest BCUT2D eigenvalue weighted by molar-refractivity contribution is 0.0187. The predicted molar refractivity (Wildman–Crippen MR) is 82.2 cm³/mol. The van der Waals surface area contributed by atoms with Crippen LogP contribution in [0.15, 0.2) is 11.4 Å². The summed E-state index contributed by atoms with van der Waals surface area (Å²) in [7, 11) is 0. The topological polar surface area (TPSA) is 55.6 Å². The van der Waals surface area contributed by atoms with Crippen LogP contribution >= 0.6 is 11.3 Å². The van der Waals surface area contributed by atoms with Gasteiger partial charge in [0, 0.05) is 29.9 Å². The van der Waals surface area contributed by atoms with Gasteiger partial charge in [-0.25, -0.2) is 4.79 Å². The lowest BCUT2D eigenvalue weighted by Gasteiger charge is -2.37. The molecule has 20 heavy (non-hydrogen) atoms. The molecular formula is C15H24N2O2S. The van der Waals surface area contributed by atoms with Crippen molar-refractivity contribution in [3.63, 3.8) is 0 Å². The highest BCUT2D eigenvalue weighted by molar-refractivity contribution is 7.10. The molecular weight excluding hydrogens is 272 g/mol. The van der Waals surface area contributed by atoms with Gasteiger partial charge in [-0.2, -0.15) is 0 Å². The number of aryl methyl sites for hydroxylation is 1. The van der Waals surface area contributed by atoms with Gasteiger partial charge in [0.1, 0.15) is 5.60 Å². The van der Waals surface area contributed by atoms with Crippen molar-refractivity contribution in [2.75, 3.05) is 13.1 Å². The Hall–Kier alpha value is -1.07. The minimum atomic E-state index is -0.453. The number of nitrogens with two attached hydrogens (primary N) is 1. The molecule has 0 aromatic carbocycles. The van der Waals surface area contributed by atoms with Crippen LogP contribution in [0.4, 0.5) is 4.79 Å². The number of amides is 1. The van der Waals surface area contributed by atoms with Crippen molar-refractivity contribution in [1.29, 1.82) is 0 Å². The molecule has 2 rings (SSSR count). The van der Waals surface area contributed by atoms with Crippen LogP contribution in [0.1, 0.15) is 43.6 Å². The molecule has 1 aliphatic rings. The molecule has 2 N–H and O–H groups in total. The highest BCUT2D eigenvalue weighted by Crippen LogP contribution is 2.32. The van der Waals surface area contributed by atoms with E-state index in [1.807, 2.05) is 20.8 Å². The summed E-state index contributed by atoms with van der Waals surface area (Å²) in [6.07, 6.45) is 0.588. The number of ether oxygens (including phenoxy) is 1. The van der Waals surface area contributed by atoms with Crippen molar-refractivity contribution in [3.8, 4) is 0 Å². The van der Waals surface area contributed by atoms with E-state index >= 15 is 0 Å². The third kappa shape index (κ3) is 3.52. The second-order valence-corrected chi connectivity index (χ2v) is 7.40. The molecule has 1 saturated heterocycles. The van der Waals surface area contributed by atoms with Crippen LogP contribution in [0.3, 0.4) is 0 Å². The third-order valence-electron chi connectivity index (χ3n) is 3.56. The Morgan fingerprint density at radius 3 is 2.75 bits per heavy atom. The van der Waals surface area contributed by atoms with E-state index in [4.69, 9.17) is 10.5 Å². The fraction of sp³-hybridized carbons (Fsp3) is 0.667. The molecule has 2 heterocycles. The maximum Gasteiger partial charge on any atom is 0.410 e. The molecule has 1 aromatic rings. The molecule has 5 heteroatoms. The van der Waals surface area contributed by atoms with Crippen molar-refractivity contribution in [3.05, 3.63) is 21.9 Å². The zero-order valence-electron chi connectivity index (χ0n) is 12.7. The number of nitrogens with zero attached hydrogens (tertiary/aromatic N) is 1. The van der Waals surface area contributed by atoms with Crippen molar-refractivity contribution >= 4 is 17.4 Å². The van der Waals surface area contributed by atoms with Crippen molar-refractivity contribution in [2.45, 2.75) is 51.7 Å². The number of piperidine rings is 1. The average Bonchev–Trinajstić information content (AvgIpc) is 2.73. The molecule has 1 aromatic heterocycles. The molecule has 2 atom stereocenters. The van der Waals surface area contributed by atoms with Gasteiger partial charge in [0.05, 0.1) is 0 Å². The molecule has 0 aliphatic carbocycles. The smallest absolute Gasteiger partial charge is 0.410 e. The normalized spacial score (nSPS) is 23.8. The lowest BCUT2D eigenvalue weighted by Crippen LogP contribution is -2.49. The largest absolute Gasteiger partial charge is 0.444 e. The molecule has 1 amide bonds. The number of hydrogen-bond donors (Lipinski definition) is 1. The fourth-order valence-corrected chi connectivity index (χ4v) is 3.60. The van der Waals surface area contributed by atoms with Gasteiger partial charge in [-0.15, -0.1) is 11.3 Å². The predicted octanol–water partition coefficient (Wildman–Crippen LogP) is 3.11. The number of thiophene rings is 1. The van der Waals surface area contributed by atoms with Crippen LogP contribution in [-0.2, 0) is 4.74 Å². The van der Waals surface area contributed by atoms with Gasteiger partial charge in [-0.05, 0) is 51.1 Å². The van der Waals surface area contributed by atoms with Gasteiger partial charge in [0.2, 0.25) is 0 Å². The van der Waals surface area contributed by atoms with E-state index in [9.17, 15) is 4.79 Å². The minimum Gasteiger partial charge on any atom is -0.444 e. The first-order valence-corrected chi connectivity index (χ1v) is 7.93. The fourth-order valence-electron chi connectivity index (χ4n) is 2.50. The summed E-state index contributed by atoms with van der Waals surface area (Å²) in [5, 5.41) is 2.09. The number of rotatable bonds is 1. The SMILES string of the molecule is Cc1ccsc1[C@@H]1CN(C(=O)OC(C)(C)C)CC[C@H]1N. The van der Waals surface area contributed by atoms with Crippen LogP contribution in [-0.4, -0.2) is 35.7 Å². The summed E-state index contributed by atoms with van der Waals surface area (Å²) in [6, 6.07) is 2.23. The molecule has 0 saturated carbocycles. The van der Waals surface area contributed by atoms with Gasteiger partial charge in [0.25, 0.3) is 0 Å². The summed E-state index contributed by atoms with van der Waals surface area (Å²) < 4.78 is 5.46. The van der Waals surface area contributed by atoms with Crippen molar-refractivity contribution in [1.82, 2.24) is 4.90 Å². The van der Waals surface area contributed by atoms with E-state index in [0.717, 1.165) is 6.42 Å². The summed E-state index contributed by atoms with van der Waals surface area (Å²) in [6.45, 7) is 9.10. The van der Waals surface area contributed by atoms with E-state index < -0.39 is 5.60 Å². The van der Waals surface area contributed by atoms with Crippen LogP contribution in [0, 0.1) is 6.92 Å². The maximum atomic E-state index is 12.2. The number of carbonyl (C=O) groups excluding carboxylic acids is 1. The van der Waals surface area contributed by atoms with Crippen molar-refractivity contribution < 1.29 is 9.53 Å². The van der Waals surface area contributed by atoms with Crippen LogP contribution < -0.4 is 5.73 Å². The molecule has 112 valence electrons. The van der Waals surface area contributed by atoms with Gasteiger partial charge in [-0.1, -0.05) is 0 Å². The first-order chi connectivity index (χ1) is 9.28. The Balaban J connectivity index is 2.09. The summed E-state index contributed by atoms with van der Waals surface area (Å²) in [5.74, 6) is 0.219. The third-order valence-corrected chi connectivity index (χ3v) is 4.71. The second kappa shape index (κ2) is 5.74. The van der Waals surface area contributed by atoms with Crippen molar-refractivity contribution in [2.24, 2.45) is 5.73 Å². The first-order valence-electron chi connectivity index (χ1n) is 7.05. The Bertz CT molecular complexity index is 478.